The Bertz CT molecular complexity index is 920. The van der Waals surface area contributed by atoms with Gasteiger partial charge in [0.1, 0.15) is 4.70 Å². The maximum absolute atomic E-state index is 13.8. The largest absolute Gasteiger partial charge is 0.394 e. The van der Waals surface area contributed by atoms with Crippen LogP contribution in [0.15, 0.2) is 23.4 Å². The molecule has 26 heavy (non-hydrogen) atoms. The van der Waals surface area contributed by atoms with Crippen molar-refractivity contribution in [1.82, 2.24) is 15.0 Å². The summed E-state index contributed by atoms with van der Waals surface area (Å²) in [7, 11) is 0. The Hall–Kier alpha value is -2.08. The van der Waals surface area contributed by atoms with Gasteiger partial charge in [-0.3, -0.25) is 0 Å². The fourth-order valence-electron chi connectivity index (χ4n) is 2.13. The Morgan fingerprint density at radius 3 is 2.69 bits per heavy atom. The van der Waals surface area contributed by atoms with Gasteiger partial charge in [0, 0.05) is 11.3 Å². The maximum atomic E-state index is 13.8. The molecule has 2 heterocycles. The Morgan fingerprint density at radius 1 is 1.19 bits per heavy atom. The van der Waals surface area contributed by atoms with E-state index in [2.05, 4.69) is 20.3 Å². The van der Waals surface area contributed by atoms with E-state index in [4.69, 9.17) is 5.73 Å². The van der Waals surface area contributed by atoms with Crippen LogP contribution in [0, 0.1) is 11.6 Å². The first-order chi connectivity index (χ1) is 12.5. The summed E-state index contributed by atoms with van der Waals surface area (Å²) < 4.78 is 27.7. The lowest BCUT2D eigenvalue weighted by Gasteiger charge is -2.14. The Morgan fingerprint density at radius 2 is 1.96 bits per heavy atom. The number of nitrogen functional groups attached to an aromatic ring is 1. The number of anilines is 2. The topological polar surface area (TPSA) is 117 Å². The molecule has 0 bridgehead atoms. The van der Waals surface area contributed by atoms with E-state index in [1.165, 1.54) is 23.5 Å². The number of hydrogen-bond donors (Lipinski definition) is 4. The Kier molecular flexibility index (Phi) is 5.81. The molecule has 0 radical (unpaired) electrons. The third-order valence-electron chi connectivity index (χ3n) is 3.42. The summed E-state index contributed by atoms with van der Waals surface area (Å²) in [5, 5.41) is 22.0. The third kappa shape index (κ3) is 4.01. The van der Waals surface area contributed by atoms with Crippen molar-refractivity contribution in [3.8, 4) is 0 Å². The van der Waals surface area contributed by atoms with E-state index in [1.807, 2.05) is 0 Å². The second kappa shape index (κ2) is 8.08. The van der Waals surface area contributed by atoms with Crippen molar-refractivity contribution in [3.63, 3.8) is 0 Å². The second-order valence-corrected chi connectivity index (χ2v) is 7.24. The highest BCUT2D eigenvalue weighted by Gasteiger charge is 2.16. The summed E-state index contributed by atoms with van der Waals surface area (Å²) in [5.74, 6) is -1.34. The van der Waals surface area contributed by atoms with E-state index in [0.29, 0.717) is 21.3 Å². The molecule has 2 aromatic heterocycles. The summed E-state index contributed by atoms with van der Waals surface area (Å²) in [6.45, 7) is -0.597. The monoisotopic (exact) mass is 399 g/mol. The van der Waals surface area contributed by atoms with E-state index in [1.54, 1.807) is 0 Å². The number of aliphatic hydroxyl groups is 2. The minimum Gasteiger partial charge on any atom is -0.394 e. The Labute approximate surface area is 155 Å². The maximum Gasteiger partial charge on any atom is 0.191 e. The van der Waals surface area contributed by atoms with Crippen molar-refractivity contribution < 1.29 is 19.0 Å². The first kappa shape index (κ1) is 18.7. The molecule has 138 valence electrons. The van der Waals surface area contributed by atoms with Crippen molar-refractivity contribution in [2.75, 3.05) is 24.3 Å². The van der Waals surface area contributed by atoms with Crippen molar-refractivity contribution in [2.24, 2.45) is 0 Å². The van der Waals surface area contributed by atoms with Crippen LogP contribution >= 0.6 is 23.1 Å². The average Bonchev–Trinajstić information content (AvgIpc) is 3.01. The molecule has 0 saturated carbocycles. The zero-order valence-corrected chi connectivity index (χ0v) is 14.9. The van der Waals surface area contributed by atoms with Gasteiger partial charge in [0.15, 0.2) is 33.4 Å². The highest BCUT2D eigenvalue weighted by molar-refractivity contribution is 7.98. The number of aliphatic hydroxyl groups excluding tert-OH is 2. The van der Waals surface area contributed by atoms with Crippen LogP contribution in [0.2, 0.25) is 0 Å². The average molecular weight is 399 g/mol. The molecule has 1 aromatic carbocycles. The van der Waals surface area contributed by atoms with Gasteiger partial charge in [-0.15, -0.1) is 0 Å². The molecule has 0 unspecified atom stereocenters. The van der Waals surface area contributed by atoms with Crippen LogP contribution in [0.1, 0.15) is 5.56 Å². The molecule has 0 aliphatic heterocycles. The number of thioether (sulfide) groups is 1. The highest BCUT2D eigenvalue weighted by atomic mass is 32.2. The van der Waals surface area contributed by atoms with Gasteiger partial charge in [0.05, 0.1) is 19.3 Å². The number of hydrogen-bond acceptors (Lipinski definition) is 9. The van der Waals surface area contributed by atoms with Gasteiger partial charge in [-0.1, -0.05) is 35.2 Å². The minimum atomic E-state index is -0.914. The van der Waals surface area contributed by atoms with Crippen molar-refractivity contribution >= 4 is 44.4 Å². The molecular weight excluding hydrogens is 384 g/mol. The van der Waals surface area contributed by atoms with Gasteiger partial charge < -0.3 is 21.3 Å². The van der Waals surface area contributed by atoms with E-state index >= 15 is 0 Å². The SMILES string of the molecule is Nc1nc2nc(SCc3cccc(F)c3F)nc(NC(CO)CO)c2s1. The molecule has 3 aromatic rings. The summed E-state index contributed by atoms with van der Waals surface area (Å²) in [6, 6.07) is 3.35. The predicted molar refractivity (Wildman–Crippen MR) is 97.1 cm³/mol. The van der Waals surface area contributed by atoms with Crippen molar-refractivity contribution in [3.05, 3.63) is 35.4 Å². The molecule has 0 fully saturated rings. The van der Waals surface area contributed by atoms with E-state index in [-0.39, 0.29) is 29.7 Å². The van der Waals surface area contributed by atoms with Crippen LogP contribution in [-0.4, -0.2) is 44.4 Å². The van der Waals surface area contributed by atoms with Gasteiger partial charge in [0.25, 0.3) is 0 Å². The third-order valence-corrected chi connectivity index (χ3v) is 5.20. The van der Waals surface area contributed by atoms with Crippen molar-refractivity contribution in [2.45, 2.75) is 17.0 Å². The number of nitrogens with one attached hydrogen (secondary N) is 1. The van der Waals surface area contributed by atoms with E-state index in [0.717, 1.165) is 17.8 Å². The van der Waals surface area contributed by atoms with Crippen LogP contribution in [-0.2, 0) is 5.75 Å². The fraction of sp³-hybridized carbons (Fsp3) is 0.267. The van der Waals surface area contributed by atoms with E-state index in [9.17, 15) is 19.0 Å². The molecule has 3 rings (SSSR count). The summed E-state index contributed by atoms with van der Waals surface area (Å²) in [5.41, 5.74) is 6.26. The smallest absolute Gasteiger partial charge is 0.191 e. The molecular formula is C15H15F2N5O2S2. The molecule has 5 N–H and O–H groups in total. The molecule has 0 amide bonds. The van der Waals surface area contributed by atoms with Crippen LogP contribution in [0.25, 0.3) is 10.3 Å². The van der Waals surface area contributed by atoms with Gasteiger partial charge >= 0.3 is 0 Å². The number of rotatable bonds is 7. The lowest BCUT2D eigenvalue weighted by molar-refractivity contribution is 0.203. The molecule has 0 aliphatic rings. The van der Waals surface area contributed by atoms with Crippen LogP contribution in [0.3, 0.4) is 0 Å². The molecule has 0 spiro atoms. The quantitative estimate of drug-likeness (QED) is 0.352. The van der Waals surface area contributed by atoms with Crippen molar-refractivity contribution in [1.29, 1.82) is 0 Å². The number of thiazole rings is 1. The van der Waals surface area contributed by atoms with Gasteiger partial charge in [-0.25, -0.2) is 23.7 Å². The number of nitrogens with zero attached hydrogens (tertiary/aromatic N) is 3. The zero-order valence-electron chi connectivity index (χ0n) is 13.3. The second-order valence-electron chi connectivity index (χ2n) is 5.27. The number of nitrogens with two attached hydrogens (primary N) is 1. The lowest BCUT2D eigenvalue weighted by atomic mass is 10.2. The molecule has 0 atom stereocenters. The number of aromatic nitrogens is 3. The standard InChI is InChI=1S/C15H15F2N5O2S2/c16-9-3-1-2-7(10(9)17)6-25-15-21-12(19-8(4-23)5-24)11-13(22-15)20-14(18)26-11/h1-3,8,23-24H,4-6H2,(H3,18,19,20,21,22). The minimum absolute atomic E-state index is 0.123. The normalized spacial score (nSPS) is 11.4. The highest BCUT2D eigenvalue weighted by Crippen LogP contribution is 2.32. The zero-order chi connectivity index (χ0) is 18.7. The first-order valence-corrected chi connectivity index (χ1v) is 9.30. The first-order valence-electron chi connectivity index (χ1n) is 7.49. The molecule has 0 aliphatic carbocycles. The van der Waals surface area contributed by atoms with Crippen LogP contribution in [0.5, 0.6) is 0 Å². The van der Waals surface area contributed by atoms with Crippen LogP contribution in [0.4, 0.5) is 19.7 Å². The van der Waals surface area contributed by atoms with Gasteiger partial charge in [-0.2, -0.15) is 0 Å². The number of halogens is 2. The predicted octanol–water partition coefficient (Wildman–Crippen LogP) is 2.00. The number of benzene rings is 1. The van der Waals surface area contributed by atoms with E-state index < -0.39 is 17.7 Å². The fourth-order valence-corrected chi connectivity index (χ4v) is 3.67. The summed E-state index contributed by atoms with van der Waals surface area (Å²) >= 11 is 2.27. The molecule has 0 saturated heterocycles. The summed E-state index contributed by atoms with van der Waals surface area (Å²) in [6.07, 6.45) is 0. The van der Waals surface area contributed by atoms with Gasteiger partial charge in [-0.05, 0) is 6.07 Å². The van der Waals surface area contributed by atoms with Crippen LogP contribution < -0.4 is 11.1 Å². The molecule has 11 heteroatoms. The number of fused-ring (bicyclic) bond motifs is 1. The van der Waals surface area contributed by atoms with Gasteiger partial charge in [0.2, 0.25) is 0 Å². The Balaban J connectivity index is 1.89. The lowest BCUT2D eigenvalue weighted by Crippen LogP contribution is -2.28. The summed E-state index contributed by atoms with van der Waals surface area (Å²) in [4.78, 5) is 12.7. The molecule has 7 nitrogen and oxygen atoms in total.